The lowest BCUT2D eigenvalue weighted by Crippen LogP contribution is -2.07. The van der Waals surface area contributed by atoms with Gasteiger partial charge >= 0.3 is 0 Å². The van der Waals surface area contributed by atoms with Gasteiger partial charge in [-0.3, -0.25) is 0 Å². The maximum absolute atomic E-state index is 8.88. The third-order valence-corrected chi connectivity index (χ3v) is 3.32. The van der Waals surface area contributed by atoms with Gasteiger partial charge in [0, 0.05) is 23.8 Å². The fourth-order valence-electron chi connectivity index (χ4n) is 1.29. The van der Waals surface area contributed by atoms with E-state index in [1.165, 1.54) is 0 Å². The average Bonchev–Trinajstić information content (AvgIpc) is 2.26. The molecule has 0 saturated heterocycles. The molecule has 1 atom stereocenters. The molecule has 16 heavy (non-hydrogen) atoms. The highest BCUT2D eigenvalue weighted by Crippen LogP contribution is 2.23. The Balaban J connectivity index is 2.32. The average molecular weight is 352 g/mol. The van der Waals surface area contributed by atoms with Crippen LogP contribution in [-0.2, 0) is 0 Å². The molecule has 0 saturated carbocycles. The maximum Gasteiger partial charge on any atom is 0.140 e. The molecule has 1 unspecified atom stereocenters. The second kappa shape index (κ2) is 7.25. The number of nitrogens with one attached hydrogen (secondary N) is 1. The molecule has 1 heterocycles. The summed E-state index contributed by atoms with van der Waals surface area (Å²) in [6, 6.07) is 1.96. The Bertz CT molecular complexity index is 334. The second-order valence-corrected chi connectivity index (χ2v) is 5.61. The summed E-state index contributed by atoms with van der Waals surface area (Å²) in [6.07, 6.45) is 3.83. The summed E-state index contributed by atoms with van der Waals surface area (Å²) in [7, 11) is 0. The van der Waals surface area contributed by atoms with Crippen LogP contribution >= 0.6 is 31.9 Å². The summed E-state index contributed by atoms with van der Waals surface area (Å²) in [5.74, 6) is 1.24. The number of nitrogens with zero attached hydrogens (tertiary/aromatic N) is 1. The van der Waals surface area contributed by atoms with E-state index in [1.54, 1.807) is 6.20 Å². The van der Waals surface area contributed by atoms with Crippen LogP contribution in [0.4, 0.5) is 5.82 Å². The van der Waals surface area contributed by atoms with Crippen molar-refractivity contribution < 1.29 is 5.11 Å². The second-order valence-electron chi connectivity index (χ2n) is 3.84. The Labute approximate surface area is 113 Å². The van der Waals surface area contributed by atoms with Crippen molar-refractivity contribution in [3.63, 3.8) is 0 Å². The maximum atomic E-state index is 8.88. The monoisotopic (exact) mass is 350 g/mol. The Morgan fingerprint density at radius 1 is 1.50 bits per heavy atom. The van der Waals surface area contributed by atoms with Crippen molar-refractivity contribution in [1.29, 1.82) is 0 Å². The molecule has 0 aliphatic heterocycles. The van der Waals surface area contributed by atoms with E-state index in [0.717, 1.165) is 34.1 Å². The molecule has 5 heteroatoms. The molecule has 2 N–H and O–H groups in total. The van der Waals surface area contributed by atoms with Crippen molar-refractivity contribution in [3.05, 3.63) is 21.2 Å². The SMILES string of the molecule is CC(CO)CCCNc1ncc(Br)cc1Br. The number of aliphatic hydroxyl groups is 1. The number of hydrogen-bond acceptors (Lipinski definition) is 3. The largest absolute Gasteiger partial charge is 0.396 e. The molecule has 0 aliphatic carbocycles. The fourth-order valence-corrected chi connectivity index (χ4v) is 2.42. The highest BCUT2D eigenvalue weighted by atomic mass is 79.9. The Morgan fingerprint density at radius 3 is 2.88 bits per heavy atom. The molecule has 0 aliphatic rings. The smallest absolute Gasteiger partial charge is 0.140 e. The van der Waals surface area contributed by atoms with Gasteiger partial charge in [0.15, 0.2) is 0 Å². The van der Waals surface area contributed by atoms with Gasteiger partial charge in [-0.05, 0) is 56.7 Å². The third-order valence-electron chi connectivity index (χ3n) is 2.29. The topological polar surface area (TPSA) is 45.1 Å². The van der Waals surface area contributed by atoms with Gasteiger partial charge in [-0.25, -0.2) is 4.98 Å². The molecule has 0 fully saturated rings. The summed E-state index contributed by atoms with van der Waals surface area (Å²) in [5, 5.41) is 12.1. The first-order chi connectivity index (χ1) is 7.63. The van der Waals surface area contributed by atoms with E-state index in [-0.39, 0.29) is 6.61 Å². The first-order valence-corrected chi connectivity index (χ1v) is 6.88. The molecule has 3 nitrogen and oxygen atoms in total. The van der Waals surface area contributed by atoms with Crippen molar-refractivity contribution >= 4 is 37.7 Å². The predicted molar refractivity (Wildman–Crippen MR) is 73.6 cm³/mol. The van der Waals surface area contributed by atoms with Crippen LogP contribution in [0.25, 0.3) is 0 Å². The summed E-state index contributed by atoms with van der Waals surface area (Å²) in [4.78, 5) is 4.26. The van der Waals surface area contributed by atoms with E-state index >= 15 is 0 Å². The molecule has 1 aromatic heterocycles. The van der Waals surface area contributed by atoms with E-state index in [2.05, 4.69) is 42.2 Å². The quantitative estimate of drug-likeness (QED) is 0.772. The Morgan fingerprint density at radius 2 is 2.25 bits per heavy atom. The molecule has 0 radical (unpaired) electrons. The first kappa shape index (κ1) is 13.9. The van der Waals surface area contributed by atoms with Gasteiger partial charge in [0.05, 0.1) is 4.47 Å². The van der Waals surface area contributed by atoms with Crippen LogP contribution in [-0.4, -0.2) is 23.2 Å². The summed E-state index contributed by atoms with van der Waals surface area (Å²) in [6.45, 7) is 3.19. The minimum Gasteiger partial charge on any atom is -0.396 e. The molecule has 90 valence electrons. The number of rotatable bonds is 6. The summed E-state index contributed by atoms with van der Waals surface area (Å²) < 4.78 is 1.91. The van der Waals surface area contributed by atoms with E-state index in [4.69, 9.17) is 5.11 Å². The lowest BCUT2D eigenvalue weighted by molar-refractivity contribution is 0.229. The van der Waals surface area contributed by atoms with Crippen LogP contribution in [0.15, 0.2) is 21.2 Å². The van der Waals surface area contributed by atoms with Gasteiger partial charge < -0.3 is 10.4 Å². The van der Waals surface area contributed by atoms with Gasteiger partial charge in [0.2, 0.25) is 0 Å². The van der Waals surface area contributed by atoms with Crippen molar-refractivity contribution in [3.8, 4) is 0 Å². The van der Waals surface area contributed by atoms with Gasteiger partial charge in [0.25, 0.3) is 0 Å². The molecular weight excluding hydrogens is 336 g/mol. The minimum atomic E-state index is 0.264. The lowest BCUT2D eigenvalue weighted by atomic mass is 10.1. The van der Waals surface area contributed by atoms with Gasteiger partial charge in [-0.2, -0.15) is 0 Å². The molecule has 0 aromatic carbocycles. The normalized spacial score (nSPS) is 12.5. The first-order valence-electron chi connectivity index (χ1n) is 5.29. The number of hydrogen-bond donors (Lipinski definition) is 2. The van der Waals surface area contributed by atoms with E-state index in [9.17, 15) is 0 Å². The summed E-state index contributed by atoms with van der Waals surface area (Å²) in [5.41, 5.74) is 0. The van der Waals surface area contributed by atoms with Crippen molar-refractivity contribution in [2.45, 2.75) is 19.8 Å². The Kier molecular flexibility index (Phi) is 6.31. The van der Waals surface area contributed by atoms with Crippen LogP contribution in [0.2, 0.25) is 0 Å². The number of halogens is 2. The van der Waals surface area contributed by atoms with Crippen LogP contribution in [0.3, 0.4) is 0 Å². The molecule has 0 amide bonds. The fraction of sp³-hybridized carbons (Fsp3) is 0.545. The number of anilines is 1. The number of aromatic nitrogens is 1. The van der Waals surface area contributed by atoms with Gasteiger partial charge in [-0.15, -0.1) is 0 Å². The van der Waals surface area contributed by atoms with Crippen molar-refractivity contribution in [1.82, 2.24) is 4.98 Å². The van der Waals surface area contributed by atoms with E-state index in [1.807, 2.05) is 13.0 Å². The standard InChI is InChI=1S/C11H16Br2N2O/c1-8(7-16)3-2-4-14-11-10(13)5-9(12)6-15-11/h5-6,8,16H,2-4,7H2,1H3,(H,14,15). The molecule has 0 bridgehead atoms. The van der Waals surface area contributed by atoms with Gasteiger partial charge in [0.1, 0.15) is 5.82 Å². The minimum absolute atomic E-state index is 0.264. The zero-order valence-corrected chi connectivity index (χ0v) is 12.4. The zero-order valence-electron chi connectivity index (χ0n) is 9.21. The lowest BCUT2D eigenvalue weighted by Gasteiger charge is -2.09. The molecule has 0 spiro atoms. The van der Waals surface area contributed by atoms with Crippen LogP contribution in [0.5, 0.6) is 0 Å². The highest BCUT2D eigenvalue weighted by molar-refractivity contribution is 9.11. The highest BCUT2D eigenvalue weighted by Gasteiger charge is 2.02. The molecule has 1 aromatic rings. The van der Waals surface area contributed by atoms with E-state index < -0.39 is 0 Å². The Hall–Kier alpha value is -0.130. The number of pyridine rings is 1. The van der Waals surface area contributed by atoms with E-state index in [0.29, 0.717) is 5.92 Å². The van der Waals surface area contributed by atoms with Crippen molar-refractivity contribution in [2.75, 3.05) is 18.5 Å². The molecular formula is C11H16Br2N2O. The van der Waals surface area contributed by atoms with Crippen LogP contribution in [0, 0.1) is 5.92 Å². The summed E-state index contributed by atoms with van der Waals surface area (Å²) >= 11 is 6.81. The zero-order chi connectivity index (χ0) is 12.0. The molecule has 1 rings (SSSR count). The van der Waals surface area contributed by atoms with Gasteiger partial charge in [-0.1, -0.05) is 6.92 Å². The van der Waals surface area contributed by atoms with Crippen LogP contribution < -0.4 is 5.32 Å². The third kappa shape index (κ3) is 4.80. The number of aliphatic hydroxyl groups excluding tert-OH is 1. The predicted octanol–water partition coefficient (Wildman–Crippen LogP) is 3.43. The van der Waals surface area contributed by atoms with Crippen molar-refractivity contribution in [2.24, 2.45) is 5.92 Å². The van der Waals surface area contributed by atoms with Crippen LogP contribution in [0.1, 0.15) is 19.8 Å².